The molecule has 0 aliphatic carbocycles. The number of amides is 1. The van der Waals surface area contributed by atoms with Gasteiger partial charge in [-0.1, -0.05) is 116 Å². The zero-order valence-corrected chi connectivity index (χ0v) is 27.3. The zero-order valence-electron chi connectivity index (χ0n) is 27.3. The fourth-order valence-electron chi connectivity index (χ4n) is 5.88. The highest BCUT2D eigenvalue weighted by atomic mass is 16.7. The summed E-state index contributed by atoms with van der Waals surface area (Å²) in [6.07, 6.45) is -1.85. The first kappa shape index (κ1) is 34.0. The molecule has 1 amide bonds. The third kappa shape index (κ3) is 9.59. The van der Waals surface area contributed by atoms with Crippen LogP contribution in [0.25, 0.3) is 0 Å². The van der Waals surface area contributed by atoms with Crippen molar-refractivity contribution >= 4 is 11.9 Å². The molecule has 1 fully saturated rings. The van der Waals surface area contributed by atoms with Gasteiger partial charge in [-0.2, -0.15) is 0 Å². The number of hydrogen-bond acceptors (Lipinski definition) is 7. The summed E-state index contributed by atoms with van der Waals surface area (Å²) >= 11 is 0. The Morgan fingerprint density at radius 2 is 1.34 bits per heavy atom. The van der Waals surface area contributed by atoms with E-state index >= 15 is 0 Å². The molecule has 5 rings (SSSR count). The first-order valence-electron chi connectivity index (χ1n) is 16.1. The average molecular weight is 637 g/mol. The Morgan fingerprint density at radius 3 is 1.89 bits per heavy atom. The van der Waals surface area contributed by atoms with Gasteiger partial charge in [0.2, 0.25) is 0 Å². The molecule has 2 N–H and O–H groups in total. The molecule has 0 radical (unpaired) electrons. The number of nitrogens with zero attached hydrogens (tertiary/aromatic N) is 1. The van der Waals surface area contributed by atoms with Crippen molar-refractivity contribution in [3.05, 3.63) is 143 Å². The molecule has 4 aromatic rings. The highest BCUT2D eigenvalue weighted by Crippen LogP contribution is 2.42. The van der Waals surface area contributed by atoms with Crippen LogP contribution in [0.15, 0.2) is 109 Å². The van der Waals surface area contributed by atoms with Crippen LogP contribution in [0.4, 0.5) is 0 Å². The highest BCUT2D eigenvalue weighted by molar-refractivity contribution is 5.82. The Labute approximate surface area is 277 Å². The summed E-state index contributed by atoms with van der Waals surface area (Å²) in [5.74, 6) is -0.817. The molecule has 1 aliphatic heterocycles. The lowest BCUT2D eigenvalue weighted by Gasteiger charge is -2.43. The largest absolute Gasteiger partial charge is 0.453 e. The van der Waals surface area contributed by atoms with Crippen LogP contribution in [0.2, 0.25) is 0 Å². The molecule has 1 heterocycles. The number of carbonyl (C=O) groups excluding carboxylic acids is 2. The number of rotatable bonds is 13. The van der Waals surface area contributed by atoms with Crippen LogP contribution in [0.5, 0.6) is 0 Å². The molecule has 0 spiro atoms. The Hall–Kier alpha value is -4.34. The average Bonchev–Trinajstić information content (AvgIpc) is 3.09. The van der Waals surface area contributed by atoms with E-state index in [1.165, 1.54) is 18.1 Å². The SMILES string of the molecule is CC(=O)O[C@@H](C)C(=O)NCc1ccc([C@@H]2O[C@H](CN(Cc3ccccc3)Cc3ccccc3)[C@H](C)[C@H](c3ccc(CO)cc3)O2)cc1. The molecule has 1 aliphatic rings. The summed E-state index contributed by atoms with van der Waals surface area (Å²) in [6.45, 7) is 7.54. The van der Waals surface area contributed by atoms with E-state index in [0.717, 1.165) is 35.3 Å². The summed E-state index contributed by atoms with van der Waals surface area (Å²) in [6, 6.07) is 36.7. The molecule has 47 heavy (non-hydrogen) atoms. The lowest BCUT2D eigenvalue weighted by molar-refractivity contribution is -0.276. The van der Waals surface area contributed by atoms with Crippen molar-refractivity contribution in [2.24, 2.45) is 5.92 Å². The van der Waals surface area contributed by atoms with E-state index in [9.17, 15) is 14.7 Å². The van der Waals surface area contributed by atoms with Crippen molar-refractivity contribution in [2.75, 3.05) is 6.54 Å². The van der Waals surface area contributed by atoms with Crippen LogP contribution in [-0.4, -0.2) is 40.6 Å². The molecule has 5 atom stereocenters. The summed E-state index contributed by atoms with van der Waals surface area (Å²) in [5, 5.41) is 12.4. The first-order chi connectivity index (χ1) is 22.8. The molecule has 0 unspecified atom stereocenters. The minimum Gasteiger partial charge on any atom is -0.453 e. The lowest BCUT2D eigenvalue weighted by atomic mass is 9.89. The third-order valence-corrected chi connectivity index (χ3v) is 8.49. The Bertz CT molecular complexity index is 1520. The number of aliphatic hydroxyl groups excluding tert-OH is 1. The second-order valence-corrected chi connectivity index (χ2v) is 12.2. The van der Waals surface area contributed by atoms with E-state index in [-0.39, 0.29) is 30.6 Å². The van der Waals surface area contributed by atoms with E-state index in [4.69, 9.17) is 14.2 Å². The molecule has 8 heteroatoms. The van der Waals surface area contributed by atoms with Gasteiger partial charge in [0.05, 0.1) is 18.8 Å². The van der Waals surface area contributed by atoms with Crippen molar-refractivity contribution < 1.29 is 28.9 Å². The second kappa shape index (κ2) is 16.5. The molecular weight excluding hydrogens is 592 g/mol. The predicted octanol–water partition coefficient (Wildman–Crippen LogP) is 6.24. The second-order valence-electron chi connectivity index (χ2n) is 12.2. The van der Waals surface area contributed by atoms with Gasteiger partial charge in [0, 0.05) is 44.6 Å². The van der Waals surface area contributed by atoms with Crippen LogP contribution >= 0.6 is 0 Å². The summed E-state index contributed by atoms with van der Waals surface area (Å²) in [7, 11) is 0. The van der Waals surface area contributed by atoms with Gasteiger partial charge in [0.15, 0.2) is 12.4 Å². The van der Waals surface area contributed by atoms with E-state index in [0.29, 0.717) is 13.1 Å². The standard InChI is InChI=1S/C39H44N2O6/c1-27-36(25-41(23-31-10-6-4-7-11-31)24-32-12-8-5-9-13-32)46-39(47-37(27)34-18-16-33(26-42)17-19-34)35-20-14-30(15-21-35)22-40-38(44)28(2)45-29(3)43/h4-21,27-28,36-37,39,42H,22-26H2,1-3H3,(H,40,44)/t27-,28-,36+,37+,39+/m0/s1. The van der Waals surface area contributed by atoms with Gasteiger partial charge in [0.25, 0.3) is 5.91 Å². The molecule has 8 nitrogen and oxygen atoms in total. The van der Waals surface area contributed by atoms with Gasteiger partial charge in [-0.3, -0.25) is 14.5 Å². The van der Waals surface area contributed by atoms with E-state index in [1.807, 2.05) is 60.7 Å². The summed E-state index contributed by atoms with van der Waals surface area (Å²) in [5.41, 5.74) is 6.13. The van der Waals surface area contributed by atoms with E-state index in [1.54, 1.807) is 6.92 Å². The number of carbonyl (C=O) groups is 2. The molecule has 246 valence electrons. The van der Waals surface area contributed by atoms with Crippen LogP contribution in [-0.2, 0) is 50.0 Å². The van der Waals surface area contributed by atoms with Gasteiger partial charge in [-0.15, -0.1) is 0 Å². The van der Waals surface area contributed by atoms with Gasteiger partial charge >= 0.3 is 5.97 Å². The number of ether oxygens (including phenoxy) is 3. The maximum absolute atomic E-state index is 12.3. The minimum atomic E-state index is -0.860. The van der Waals surface area contributed by atoms with Crippen molar-refractivity contribution in [1.29, 1.82) is 0 Å². The Balaban J connectivity index is 1.36. The number of esters is 1. The molecular formula is C39H44N2O6. The van der Waals surface area contributed by atoms with Crippen molar-refractivity contribution in [3.8, 4) is 0 Å². The molecule has 4 aromatic carbocycles. The highest BCUT2D eigenvalue weighted by Gasteiger charge is 2.39. The molecule has 1 saturated heterocycles. The Kier molecular flexibility index (Phi) is 11.9. The zero-order chi connectivity index (χ0) is 33.2. The van der Waals surface area contributed by atoms with Crippen LogP contribution < -0.4 is 5.32 Å². The number of nitrogens with one attached hydrogen (secondary N) is 1. The third-order valence-electron chi connectivity index (χ3n) is 8.49. The van der Waals surface area contributed by atoms with Crippen LogP contribution in [0, 0.1) is 5.92 Å². The van der Waals surface area contributed by atoms with Gasteiger partial charge in [-0.25, -0.2) is 0 Å². The van der Waals surface area contributed by atoms with Crippen LogP contribution in [0.3, 0.4) is 0 Å². The Morgan fingerprint density at radius 1 is 0.787 bits per heavy atom. The van der Waals surface area contributed by atoms with Gasteiger partial charge in [0.1, 0.15) is 0 Å². The monoisotopic (exact) mass is 636 g/mol. The molecule has 0 bridgehead atoms. The number of benzene rings is 4. The van der Waals surface area contributed by atoms with Crippen molar-refractivity contribution in [2.45, 2.75) is 71.6 Å². The quantitative estimate of drug-likeness (QED) is 0.168. The lowest BCUT2D eigenvalue weighted by Crippen LogP contribution is -2.44. The van der Waals surface area contributed by atoms with Crippen molar-refractivity contribution in [3.63, 3.8) is 0 Å². The smallest absolute Gasteiger partial charge is 0.303 e. The van der Waals surface area contributed by atoms with Gasteiger partial charge < -0.3 is 24.6 Å². The maximum atomic E-state index is 12.3. The van der Waals surface area contributed by atoms with E-state index in [2.05, 4.69) is 65.7 Å². The maximum Gasteiger partial charge on any atom is 0.303 e. The minimum absolute atomic E-state index is 0.0148. The topological polar surface area (TPSA) is 97.3 Å². The van der Waals surface area contributed by atoms with Crippen molar-refractivity contribution in [1.82, 2.24) is 10.2 Å². The fraction of sp³-hybridized carbons (Fsp3) is 0.333. The summed E-state index contributed by atoms with van der Waals surface area (Å²) in [4.78, 5) is 25.9. The molecule has 0 aromatic heterocycles. The fourth-order valence-corrected chi connectivity index (χ4v) is 5.88. The van der Waals surface area contributed by atoms with E-state index < -0.39 is 18.4 Å². The number of hydrogen-bond donors (Lipinski definition) is 2. The number of aliphatic hydroxyl groups is 1. The normalized spacial score (nSPS) is 20.0. The van der Waals surface area contributed by atoms with Gasteiger partial charge in [-0.05, 0) is 34.7 Å². The van der Waals surface area contributed by atoms with Crippen LogP contribution in [0.1, 0.15) is 66.5 Å². The molecule has 0 saturated carbocycles. The predicted molar refractivity (Wildman–Crippen MR) is 179 cm³/mol. The first-order valence-corrected chi connectivity index (χ1v) is 16.1. The summed E-state index contributed by atoms with van der Waals surface area (Å²) < 4.78 is 18.4.